The SMILES string of the molecule is N.O.[Al].[SiH4]. The first-order valence-electron chi connectivity index (χ1n) is 0. The Morgan fingerprint density at radius 1 is 1.00 bits per heavy atom. The van der Waals surface area contributed by atoms with Gasteiger partial charge in [-0.05, 0) is 11.0 Å². The van der Waals surface area contributed by atoms with E-state index in [4.69, 9.17) is 0 Å². The summed E-state index contributed by atoms with van der Waals surface area (Å²) in [5.41, 5.74) is 0. The fourth-order valence-corrected chi connectivity index (χ4v) is 0. The van der Waals surface area contributed by atoms with Gasteiger partial charge in [0.05, 0.1) is 0 Å². The molecule has 0 fully saturated rings. The lowest BCUT2D eigenvalue weighted by Crippen LogP contribution is -0.481. The van der Waals surface area contributed by atoms with Crippen molar-refractivity contribution in [2.75, 3.05) is 0 Å². The normalized spacial score (nSPS) is 0. The van der Waals surface area contributed by atoms with Crippen LogP contribution in [0.3, 0.4) is 0 Å². The van der Waals surface area contributed by atoms with Crippen molar-refractivity contribution in [2.24, 2.45) is 0 Å². The van der Waals surface area contributed by atoms with Crippen LogP contribution in [0, 0.1) is 0 Å². The van der Waals surface area contributed by atoms with E-state index in [9.17, 15) is 0 Å². The van der Waals surface area contributed by atoms with Gasteiger partial charge < -0.3 is 11.6 Å². The molecular weight excluding hydrogens is 85.1 g/mol. The molecule has 0 aliphatic heterocycles. The van der Waals surface area contributed by atoms with Crippen molar-refractivity contribution in [1.82, 2.24) is 6.15 Å². The van der Waals surface area contributed by atoms with Crippen LogP contribution in [0.5, 0.6) is 0 Å². The lowest BCUT2D eigenvalue weighted by Gasteiger charge is -0.412. The molecule has 0 amide bonds. The first kappa shape index (κ1) is 140. The molecule has 0 aliphatic rings. The third-order valence-corrected chi connectivity index (χ3v) is 0. The average molecular weight is 94.1 g/mol. The van der Waals surface area contributed by atoms with Crippen LogP contribution in [0.15, 0.2) is 0 Å². The Labute approximate surface area is 40.6 Å². The van der Waals surface area contributed by atoms with Crippen LogP contribution in [0.4, 0.5) is 0 Å². The molecule has 0 spiro atoms. The van der Waals surface area contributed by atoms with Gasteiger partial charge in [-0.1, -0.05) is 0 Å². The zero-order valence-corrected chi connectivity index (χ0v) is 2.94. The third-order valence-electron chi connectivity index (χ3n) is 0. The Bertz CT molecular complexity index is 8.00. The van der Waals surface area contributed by atoms with Gasteiger partial charge in [0.15, 0.2) is 0 Å². The molecule has 27 valence electrons. The largest absolute Gasteiger partial charge is 0.412 e. The van der Waals surface area contributed by atoms with Crippen LogP contribution in [0.2, 0.25) is 0 Å². The Balaban J connectivity index is 0. The second-order valence-corrected chi connectivity index (χ2v) is 0. The summed E-state index contributed by atoms with van der Waals surface area (Å²) in [7, 11) is 0. The van der Waals surface area contributed by atoms with E-state index in [0.29, 0.717) is 0 Å². The second kappa shape index (κ2) is 58.4. The topological polar surface area (TPSA) is 66.5 Å². The van der Waals surface area contributed by atoms with Crippen LogP contribution in [-0.4, -0.2) is 33.8 Å². The highest BCUT2D eigenvalue weighted by Crippen LogP contribution is -0.289. The molecule has 0 rings (SSSR count). The van der Waals surface area contributed by atoms with Crippen molar-refractivity contribution < 1.29 is 5.48 Å². The predicted molar refractivity (Wildman–Crippen MR) is 25.7 cm³/mol. The molecule has 0 saturated carbocycles. The summed E-state index contributed by atoms with van der Waals surface area (Å²) in [6.45, 7) is 0. The highest BCUT2D eigenvalue weighted by atomic mass is 28.1. The minimum atomic E-state index is 0. The van der Waals surface area contributed by atoms with Crippen LogP contribution < -0.4 is 6.15 Å². The van der Waals surface area contributed by atoms with Crippen LogP contribution >= 0.6 is 0 Å². The van der Waals surface area contributed by atoms with Gasteiger partial charge in [-0.15, -0.1) is 0 Å². The van der Waals surface area contributed by atoms with Crippen molar-refractivity contribution in [3.05, 3.63) is 0 Å². The van der Waals surface area contributed by atoms with Gasteiger partial charge in [0.2, 0.25) is 0 Å². The molecule has 0 aliphatic carbocycles. The lowest BCUT2D eigenvalue weighted by atomic mass is 14.0. The van der Waals surface area contributed by atoms with Crippen LogP contribution in [0.25, 0.3) is 0 Å². The quantitative estimate of drug-likeness (QED) is 0.331. The highest BCUT2D eigenvalue weighted by molar-refractivity contribution is 5.76. The van der Waals surface area contributed by atoms with E-state index in [1.54, 1.807) is 0 Å². The summed E-state index contributed by atoms with van der Waals surface area (Å²) in [6.07, 6.45) is 0. The minimum Gasteiger partial charge on any atom is -0.412 e. The zero-order chi connectivity index (χ0) is 0. The van der Waals surface area contributed by atoms with Gasteiger partial charge in [-0.3, -0.25) is 0 Å². The summed E-state index contributed by atoms with van der Waals surface area (Å²) in [5.74, 6) is 0. The molecule has 0 aromatic carbocycles. The van der Waals surface area contributed by atoms with Crippen LogP contribution in [0.1, 0.15) is 0 Å². The molecule has 0 atom stereocenters. The Hall–Kier alpha value is 0.669. The summed E-state index contributed by atoms with van der Waals surface area (Å²) < 4.78 is 0. The number of rotatable bonds is 0. The van der Waals surface area contributed by atoms with Gasteiger partial charge in [0, 0.05) is 17.4 Å². The summed E-state index contributed by atoms with van der Waals surface area (Å²) in [4.78, 5) is 0. The Kier molecular flexibility index (Phi) is 2050. The first-order chi connectivity index (χ1) is 0. The van der Waals surface area contributed by atoms with Crippen molar-refractivity contribution in [3.63, 3.8) is 0 Å². The molecular formula is H9AlNOSi. The minimum absolute atomic E-state index is 0. The van der Waals surface area contributed by atoms with E-state index in [-0.39, 0.29) is 40.0 Å². The monoisotopic (exact) mass is 94.0 g/mol. The van der Waals surface area contributed by atoms with Gasteiger partial charge in [-0.2, -0.15) is 0 Å². The van der Waals surface area contributed by atoms with E-state index in [0.717, 1.165) is 0 Å². The van der Waals surface area contributed by atoms with Gasteiger partial charge in [-0.25, -0.2) is 0 Å². The summed E-state index contributed by atoms with van der Waals surface area (Å²) >= 11 is 0. The molecule has 4 heavy (non-hydrogen) atoms. The van der Waals surface area contributed by atoms with Gasteiger partial charge >= 0.3 is 0 Å². The van der Waals surface area contributed by atoms with E-state index in [2.05, 4.69) is 0 Å². The van der Waals surface area contributed by atoms with E-state index < -0.39 is 0 Å². The molecule has 0 unspecified atom stereocenters. The van der Waals surface area contributed by atoms with E-state index >= 15 is 0 Å². The second-order valence-electron chi connectivity index (χ2n) is 0. The third kappa shape index (κ3) is 16.6. The first-order valence-corrected chi connectivity index (χ1v) is 0. The molecule has 0 saturated heterocycles. The molecule has 0 aromatic rings. The summed E-state index contributed by atoms with van der Waals surface area (Å²) in [5, 5.41) is 0. The highest BCUT2D eigenvalue weighted by Gasteiger charge is 0.0000731. The lowest BCUT2D eigenvalue weighted by molar-refractivity contribution is 0.824. The van der Waals surface area contributed by atoms with Gasteiger partial charge in [0.1, 0.15) is 0 Å². The van der Waals surface area contributed by atoms with Crippen molar-refractivity contribution in [3.8, 4) is 0 Å². The van der Waals surface area contributed by atoms with Crippen molar-refractivity contribution >= 4 is 28.3 Å². The maximum atomic E-state index is 0. The molecule has 0 bridgehead atoms. The Morgan fingerprint density at radius 3 is 1.00 bits per heavy atom. The maximum absolute atomic E-state index is 0. The van der Waals surface area contributed by atoms with Crippen molar-refractivity contribution in [1.29, 1.82) is 0 Å². The predicted octanol–water partition coefficient (Wildman–Crippen LogP) is -2.50. The van der Waals surface area contributed by atoms with Gasteiger partial charge in [0.25, 0.3) is 0 Å². The van der Waals surface area contributed by atoms with E-state index in [1.165, 1.54) is 0 Å². The molecule has 4 heteroatoms. The number of hydrogen-bond acceptors (Lipinski definition) is 1. The standard InChI is InChI=1S/Al.H3N.H2O.H4Si/h;1H3;1H2;1H4. The average Bonchev–Trinajstić information content (AvgIpc) is 0. The number of hydrogen-bond donors (Lipinski definition) is 1. The molecule has 0 aromatic heterocycles. The maximum Gasteiger partial charge on any atom is 0 e. The fraction of sp³-hybridized carbons (Fsp3) is 0. The smallest absolute Gasteiger partial charge is 0 e. The zero-order valence-electron chi connectivity index (χ0n) is 1.78. The summed E-state index contributed by atoms with van der Waals surface area (Å²) in [6, 6.07) is 0. The Morgan fingerprint density at radius 2 is 1.00 bits per heavy atom. The molecule has 2 nitrogen and oxygen atoms in total. The fourth-order valence-electron chi connectivity index (χ4n) is 0. The van der Waals surface area contributed by atoms with E-state index in [1.807, 2.05) is 0 Å². The molecule has 5 N–H and O–H groups in total. The van der Waals surface area contributed by atoms with Crippen molar-refractivity contribution in [2.45, 2.75) is 0 Å². The van der Waals surface area contributed by atoms with Crippen LogP contribution in [-0.2, 0) is 0 Å². The molecule has 0 heterocycles. The molecule has 3 radical (unpaired) electrons.